The van der Waals surface area contributed by atoms with E-state index in [1.54, 1.807) is 42.1 Å². The molecule has 4 aliphatic rings. The number of rotatable bonds is 7. The smallest absolute Gasteiger partial charge is 0.338 e. The van der Waals surface area contributed by atoms with E-state index in [1.165, 1.54) is 0 Å². The highest BCUT2D eigenvalue weighted by atomic mass is 35.5. The molecule has 4 fully saturated rings. The lowest BCUT2D eigenvalue weighted by atomic mass is 9.46. The van der Waals surface area contributed by atoms with Crippen LogP contribution < -0.4 is 10.9 Å². The fourth-order valence-corrected chi connectivity index (χ4v) is 7.27. The van der Waals surface area contributed by atoms with Crippen LogP contribution in [0.25, 0.3) is 0 Å². The van der Waals surface area contributed by atoms with Crippen LogP contribution in [0, 0.1) is 17.3 Å². The summed E-state index contributed by atoms with van der Waals surface area (Å²) >= 11 is 6.53. The van der Waals surface area contributed by atoms with Crippen LogP contribution in [0.4, 0.5) is 11.4 Å². The number of carboxylic acid groups (broad SMARTS) is 1. The number of halogens is 1. The Balaban J connectivity index is 1.41. The zero-order valence-corrected chi connectivity index (χ0v) is 19.8. The second-order valence-corrected chi connectivity index (χ2v) is 10.6. The predicted molar refractivity (Wildman–Crippen MR) is 127 cm³/mol. The van der Waals surface area contributed by atoms with Crippen molar-refractivity contribution in [2.24, 2.45) is 17.3 Å². The molecular weight excluding hydrogens is 458 g/mol. The van der Waals surface area contributed by atoms with E-state index < -0.39 is 17.5 Å². The van der Waals surface area contributed by atoms with Gasteiger partial charge in [-0.25, -0.2) is 9.48 Å². The highest BCUT2D eigenvalue weighted by Crippen LogP contribution is 2.65. The summed E-state index contributed by atoms with van der Waals surface area (Å²) in [6, 6.07) is 6.70. The average Bonchev–Trinajstić information content (AvgIpc) is 2.75. The Bertz CT molecular complexity index is 1180. The van der Waals surface area contributed by atoms with E-state index in [-0.39, 0.29) is 22.4 Å². The Kier molecular flexibility index (Phi) is 5.67. The molecule has 0 spiro atoms. The molecule has 0 aliphatic heterocycles. The van der Waals surface area contributed by atoms with Crippen molar-refractivity contribution in [2.45, 2.75) is 57.4 Å². The average molecular weight is 486 g/mol. The van der Waals surface area contributed by atoms with Gasteiger partial charge in [0.05, 0.1) is 36.0 Å². The molecule has 1 aromatic carbocycles. The van der Waals surface area contributed by atoms with Gasteiger partial charge in [0.2, 0.25) is 0 Å². The first kappa shape index (κ1) is 22.9. The summed E-state index contributed by atoms with van der Waals surface area (Å²) < 4.78 is 6.54. The van der Waals surface area contributed by atoms with Gasteiger partial charge >= 0.3 is 11.9 Å². The van der Waals surface area contributed by atoms with Gasteiger partial charge in [-0.3, -0.25) is 9.59 Å². The molecule has 180 valence electrons. The fraction of sp³-hybridized carbons (Fsp3) is 0.520. The lowest BCUT2D eigenvalue weighted by molar-refractivity contribution is -0.151. The molecule has 0 amide bonds. The molecule has 0 saturated heterocycles. The molecule has 0 radical (unpaired) electrons. The monoisotopic (exact) mass is 485 g/mol. The summed E-state index contributed by atoms with van der Waals surface area (Å²) in [6.07, 6.45) is 6.99. The SMILES string of the molecule is CCOC(=O)c1ccc(Nc2cnn(C34CC5CC(CC(CC(=O)O)(C5)C3)C4)c(=O)c2Cl)cc1. The van der Waals surface area contributed by atoms with E-state index in [2.05, 4.69) is 10.4 Å². The van der Waals surface area contributed by atoms with Gasteiger partial charge in [-0.05, 0) is 87.0 Å². The third-order valence-electron chi connectivity index (χ3n) is 7.72. The Hall–Kier alpha value is -2.87. The maximum Gasteiger partial charge on any atom is 0.338 e. The number of hydrogen-bond acceptors (Lipinski definition) is 6. The first-order valence-electron chi connectivity index (χ1n) is 11.8. The molecule has 2 aromatic rings. The van der Waals surface area contributed by atoms with Crippen LogP contribution in [0.2, 0.25) is 5.02 Å². The van der Waals surface area contributed by atoms with Gasteiger partial charge in [0.1, 0.15) is 5.02 Å². The summed E-state index contributed by atoms with van der Waals surface area (Å²) in [6.45, 7) is 2.05. The van der Waals surface area contributed by atoms with E-state index in [0.717, 1.165) is 32.1 Å². The molecular formula is C25H28ClN3O5. The lowest BCUT2D eigenvalue weighted by Crippen LogP contribution is -2.59. The van der Waals surface area contributed by atoms with E-state index >= 15 is 0 Å². The first-order valence-corrected chi connectivity index (χ1v) is 12.1. The second-order valence-electron chi connectivity index (χ2n) is 10.3. The zero-order valence-electron chi connectivity index (χ0n) is 19.1. The molecule has 2 N–H and O–H groups in total. The van der Waals surface area contributed by atoms with Crippen LogP contribution in [-0.2, 0) is 15.1 Å². The molecule has 8 nitrogen and oxygen atoms in total. The largest absolute Gasteiger partial charge is 0.481 e. The quantitative estimate of drug-likeness (QED) is 0.552. The number of carbonyl (C=O) groups excluding carboxylic acids is 1. The minimum absolute atomic E-state index is 0.0486. The van der Waals surface area contributed by atoms with E-state index in [1.807, 2.05) is 0 Å². The number of nitrogens with one attached hydrogen (secondary N) is 1. The molecule has 4 aliphatic carbocycles. The second kappa shape index (κ2) is 8.41. The van der Waals surface area contributed by atoms with Crippen molar-refractivity contribution < 1.29 is 19.4 Å². The highest BCUT2D eigenvalue weighted by Gasteiger charge is 2.59. The first-order chi connectivity index (χ1) is 16.2. The van der Waals surface area contributed by atoms with E-state index in [9.17, 15) is 19.5 Å². The van der Waals surface area contributed by atoms with Crippen LogP contribution in [0.1, 0.15) is 62.2 Å². The van der Waals surface area contributed by atoms with Crippen LogP contribution in [0.3, 0.4) is 0 Å². The predicted octanol–water partition coefficient (Wildman–Crippen LogP) is 4.59. The van der Waals surface area contributed by atoms with Crippen molar-refractivity contribution in [1.82, 2.24) is 9.78 Å². The number of anilines is 2. The van der Waals surface area contributed by atoms with E-state index in [0.29, 0.717) is 41.8 Å². The van der Waals surface area contributed by atoms with Crippen molar-refractivity contribution in [3.63, 3.8) is 0 Å². The van der Waals surface area contributed by atoms with E-state index in [4.69, 9.17) is 16.3 Å². The third-order valence-corrected chi connectivity index (χ3v) is 8.09. The molecule has 4 saturated carbocycles. The molecule has 6 rings (SSSR count). The summed E-state index contributed by atoms with van der Waals surface area (Å²) in [5.74, 6) is -0.330. The van der Waals surface area contributed by atoms with Gasteiger partial charge in [0.15, 0.2) is 0 Å². The summed E-state index contributed by atoms with van der Waals surface area (Å²) in [7, 11) is 0. The number of esters is 1. The number of carbonyl (C=O) groups is 2. The van der Waals surface area contributed by atoms with Crippen LogP contribution in [0.15, 0.2) is 35.3 Å². The van der Waals surface area contributed by atoms with Crippen LogP contribution >= 0.6 is 11.6 Å². The molecule has 2 atom stereocenters. The number of aromatic nitrogens is 2. The Morgan fingerprint density at radius 1 is 1.21 bits per heavy atom. The van der Waals surface area contributed by atoms with Crippen molar-refractivity contribution >= 4 is 34.9 Å². The zero-order chi connectivity index (χ0) is 24.1. The van der Waals surface area contributed by atoms with Crippen LogP contribution in [-0.4, -0.2) is 33.4 Å². The normalized spacial score (nSPS) is 29.1. The molecule has 4 bridgehead atoms. The van der Waals surface area contributed by atoms with Gasteiger partial charge in [-0.1, -0.05) is 11.6 Å². The van der Waals surface area contributed by atoms with Gasteiger partial charge in [-0.2, -0.15) is 5.10 Å². The molecule has 9 heteroatoms. The topological polar surface area (TPSA) is 111 Å². The number of ether oxygens (including phenoxy) is 1. The molecule has 1 heterocycles. The third kappa shape index (κ3) is 3.98. The minimum atomic E-state index is -0.774. The lowest BCUT2D eigenvalue weighted by Gasteiger charge is -2.61. The minimum Gasteiger partial charge on any atom is -0.481 e. The van der Waals surface area contributed by atoms with Gasteiger partial charge in [-0.15, -0.1) is 0 Å². The Morgan fingerprint density at radius 3 is 2.50 bits per heavy atom. The van der Waals surface area contributed by atoms with Crippen molar-refractivity contribution in [1.29, 1.82) is 0 Å². The fourth-order valence-electron chi connectivity index (χ4n) is 7.09. The Morgan fingerprint density at radius 2 is 1.88 bits per heavy atom. The molecule has 1 aromatic heterocycles. The summed E-state index contributed by atoms with van der Waals surface area (Å²) in [4.78, 5) is 36.8. The highest BCUT2D eigenvalue weighted by molar-refractivity contribution is 6.33. The number of hydrogen-bond donors (Lipinski definition) is 2. The Labute approximate surface area is 202 Å². The molecule has 34 heavy (non-hydrogen) atoms. The summed E-state index contributed by atoms with van der Waals surface area (Å²) in [5, 5.41) is 17.2. The number of nitrogens with zero attached hydrogens (tertiary/aromatic N) is 2. The van der Waals surface area contributed by atoms with Gasteiger partial charge < -0.3 is 15.2 Å². The molecule has 2 unspecified atom stereocenters. The standard InChI is InChI=1S/C25H28ClN3O5/c1-2-34-23(33)17-3-5-18(6-4-17)28-19-13-27-29(22(32)21(19)26)25-10-15-7-16(11-25)9-24(8-15,14-25)12-20(30)31/h3-6,13,15-16,28H,2,7-12,14H2,1H3,(H,30,31). The number of benzene rings is 1. The van der Waals surface area contributed by atoms with Crippen molar-refractivity contribution in [2.75, 3.05) is 11.9 Å². The van der Waals surface area contributed by atoms with Crippen LogP contribution in [0.5, 0.6) is 0 Å². The summed E-state index contributed by atoms with van der Waals surface area (Å²) in [5.41, 5.74) is 0.383. The maximum absolute atomic E-state index is 13.4. The number of carboxylic acids is 1. The van der Waals surface area contributed by atoms with Gasteiger partial charge in [0, 0.05) is 5.69 Å². The number of aliphatic carboxylic acids is 1. The van der Waals surface area contributed by atoms with Gasteiger partial charge in [0.25, 0.3) is 5.56 Å². The van der Waals surface area contributed by atoms with Crippen molar-refractivity contribution in [3.05, 3.63) is 51.4 Å². The maximum atomic E-state index is 13.4. The van der Waals surface area contributed by atoms with Crippen molar-refractivity contribution in [3.8, 4) is 0 Å².